The highest BCUT2D eigenvalue weighted by Gasteiger charge is 2.24. The first-order valence-corrected chi connectivity index (χ1v) is 9.94. The van der Waals surface area contributed by atoms with Crippen molar-refractivity contribution in [3.05, 3.63) is 60.3 Å². The maximum Gasteiger partial charge on any atom is 0.220 e. The van der Waals surface area contributed by atoms with E-state index in [4.69, 9.17) is 4.74 Å². The van der Waals surface area contributed by atoms with Crippen molar-refractivity contribution in [1.82, 2.24) is 10.3 Å². The number of hydrogen-bond acceptors (Lipinski definition) is 3. The summed E-state index contributed by atoms with van der Waals surface area (Å²) in [6.07, 6.45) is 4.37. The van der Waals surface area contributed by atoms with Gasteiger partial charge in [-0.05, 0) is 42.5 Å². The van der Waals surface area contributed by atoms with Crippen LogP contribution in [-0.2, 0) is 11.2 Å². The Hall–Kier alpha value is -2.95. The van der Waals surface area contributed by atoms with Crippen molar-refractivity contribution in [2.75, 3.05) is 31.6 Å². The molecule has 2 aromatic carbocycles. The van der Waals surface area contributed by atoms with Crippen LogP contribution in [0.15, 0.2) is 54.7 Å². The zero-order chi connectivity index (χ0) is 19.3. The predicted molar refractivity (Wildman–Crippen MR) is 113 cm³/mol. The number of rotatable bonds is 7. The number of anilines is 1. The van der Waals surface area contributed by atoms with E-state index in [1.54, 1.807) is 7.11 Å². The Labute approximate surface area is 165 Å². The molecule has 1 aliphatic rings. The van der Waals surface area contributed by atoms with Crippen LogP contribution in [-0.4, -0.2) is 37.6 Å². The van der Waals surface area contributed by atoms with E-state index in [1.807, 2.05) is 36.5 Å². The maximum atomic E-state index is 12.3. The Balaban J connectivity index is 1.25. The van der Waals surface area contributed by atoms with Gasteiger partial charge >= 0.3 is 0 Å². The third-order valence-corrected chi connectivity index (χ3v) is 5.60. The standard InChI is InChI=1S/C23H27N3O2/c1-28-22-9-5-4-8-21(22)26-13-12-17(16-26)14-25-23(27)11-10-18-15-24-20-7-3-2-6-19(18)20/h2-9,15,17,24H,10-14,16H2,1H3,(H,25,27)/t17-/m0/s1. The zero-order valence-electron chi connectivity index (χ0n) is 16.3. The summed E-state index contributed by atoms with van der Waals surface area (Å²) in [7, 11) is 1.71. The minimum atomic E-state index is 0.126. The molecule has 1 aliphatic heterocycles. The maximum absolute atomic E-state index is 12.3. The lowest BCUT2D eigenvalue weighted by molar-refractivity contribution is -0.121. The molecule has 1 aromatic heterocycles. The number of carbonyl (C=O) groups is 1. The molecule has 5 nitrogen and oxygen atoms in total. The molecule has 0 spiro atoms. The molecule has 4 rings (SSSR count). The normalized spacial score (nSPS) is 16.5. The summed E-state index contributed by atoms with van der Waals surface area (Å²) in [5.41, 5.74) is 3.47. The fraction of sp³-hybridized carbons (Fsp3) is 0.348. The topological polar surface area (TPSA) is 57.4 Å². The van der Waals surface area contributed by atoms with Crippen LogP contribution >= 0.6 is 0 Å². The van der Waals surface area contributed by atoms with Crippen LogP contribution in [0.25, 0.3) is 10.9 Å². The highest BCUT2D eigenvalue weighted by Crippen LogP contribution is 2.31. The lowest BCUT2D eigenvalue weighted by Gasteiger charge is -2.21. The number of methoxy groups -OCH3 is 1. The Morgan fingerprint density at radius 3 is 2.93 bits per heavy atom. The van der Waals surface area contributed by atoms with Crippen molar-refractivity contribution >= 4 is 22.5 Å². The van der Waals surface area contributed by atoms with E-state index < -0.39 is 0 Å². The Bertz CT molecular complexity index is 950. The summed E-state index contributed by atoms with van der Waals surface area (Å²) < 4.78 is 5.48. The second-order valence-electron chi connectivity index (χ2n) is 7.44. The number of carbonyl (C=O) groups excluding carboxylic acids is 1. The molecular weight excluding hydrogens is 350 g/mol. The Kier molecular flexibility index (Phi) is 5.51. The average Bonchev–Trinajstić information content (AvgIpc) is 3.38. The van der Waals surface area contributed by atoms with Crippen LogP contribution in [0.5, 0.6) is 5.75 Å². The van der Waals surface area contributed by atoms with Gasteiger partial charge in [0.05, 0.1) is 12.8 Å². The van der Waals surface area contributed by atoms with E-state index in [-0.39, 0.29) is 5.91 Å². The highest BCUT2D eigenvalue weighted by atomic mass is 16.5. The molecule has 0 saturated carbocycles. The van der Waals surface area contributed by atoms with Crippen LogP contribution in [0.3, 0.4) is 0 Å². The number of nitrogens with zero attached hydrogens (tertiary/aromatic N) is 1. The van der Waals surface area contributed by atoms with Crippen molar-refractivity contribution in [1.29, 1.82) is 0 Å². The van der Waals surface area contributed by atoms with Gasteiger partial charge in [0.2, 0.25) is 5.91 Å². The monoisotopic (exact) mass is 377 g/mol. The fourth-order valence-corrected chi connectivity index (χ4v) is 4.04. The number of benzene rings is 2. The van der Waals surface area contributed by atoms with Crippen molar-refractivity contribution < 1.29 is 9.53 Å². The molecule has 2 N–H and O–H groups in total. The molecule has 5 heteroatoms. The quantitative estimate of drug-likeness (QED) is 0.659. The third-order valence-electron chi connectivity index (χ3n) is 5.60. The summed E-state index contributed by atoms with van der Waals surface area (Å²) in [5.74, 6) is 1.51. The molecule has 1 amide bonds. The number of hydrogen-bond donors (Lipinski definition) is 2. The van der Waals surface area contributed by atoms with Crippen LogP contribution in [0.2, 0.25) is 0 Å². The van der Waals surface area contributed by atoms with Gasteiger partial charge in [0, 0.05) is 43.2 Å². The van der Waals surface area contributed by atoms with Crippen LogP contribution < -0.4 is 15.0 Å². The number of ether oxygens (including phenoxy) is 1. The molecule has 0 unspecified atom stereocenters. The molecule has 2 heterocycles. The minimum absolute atomic E-state index is 0.126. The molecule has 28 heavy (non-hydrogen) atoms. The lowest BCUT2D eigenvalue weighted by atomic mass is 10.1. The van der Waals surface area contributed by atoms with Gasteiger partial charge < -0.3 is 19.9 Å². The van der Waals surface area contributed by atoms with Gasteiger partial charge in [-0.3, -0.25) is 4.79 Å². The number of nitrogens with one attached hydrogen (secondary N) is 2. The lowest BCUT2D eigenvalue weighted by Crippen LogP contribution is -2.31. The molecular formula is C23H27N3O2. The van der Waals surface area contributed by atoms with Crippen LogP contribution in [0, 0.1) is 5.92 Å². The van der Waals surface area contributed by atoms with Crippen LogP contribution in [0.4, 0.5) is 5.69 Å². The van der Waals surface area contributed by atoms with E-state index in [9.17, 15) is 4.79 Å². The first kappa shape index (κ1) is 18.4. The van der Waals surface area contributed by atoms with Gasteiger partial charge in [0.15, 0.2) is 0 Å². The number of para-hydroxylation sites is 3. The predicted octanol–water partition coefficient (Wildman–Crippen LogP) is 3.75. The summed E-state index contributed by atoms with van der Waals surface area (Å²) in [6, 6.07) is 16.3. The first-order valence-electron chi connectivity index (χ1n) is 9.94. The molecule has 1 atom stereocenters. The Morgan fingerprint density at radius 2 is 2.04 bits per heavy atom. The number of aromatic nitrogens is 1. The summed E-state index contributed by atoms with van der Waals surface area (Å²) in [5, 5.41) is 4.34. The second kappa shape index (κ2) is 8.38. The highest BCUT2D eigenvalue weighted by molar-refractivity contribution is 5.84. The van der Waals surface area contributed by atoms with Gasteiger partial charge in [-0.25, -0.2) is 0 Å². The minimum Gasteiger partial charge on any atom is -0.495 e. The zero-order valence-corrected chi connectivity index (χ0v) is 16.3. The van der Waals surface area contributed by atoms with Crippen molar-refractivity contribution in [2.45, 2.75) is 19.3 Å². The molecule has 1 saturated heterocycles. The number of fused-ring (bicyclic) bond motifs is 1. The van der Waals surface area contributed by atoms with E-state index in [2.05, 4.69) is 33.4 Å². The molecule has 1 fully saturated rings. The van der Waals surface area contributed by atoms with Crippen molar-refractivity contribution in [3.8, 4) is 5.75 Å². The molecule has 3 aromatic rings. The van der Waals surface area contributed by atoms with E-state index >= 15 is 0 Å². The van der Waals surface area contributed by atoms with Crippen molar-refractivity contribution in [2.24, 2.45) is 5.92 Å². The fourth-order valence-electron chi connectivity index (χ4n) is 4.04. The molecule has 146 valence electrons. The van der Waals surface area contributed by atoms with Crippen LogP contribution in [0.1, 0.15) is 18.4 Å². The number of aryl methyl sites for hydroxylation is 1. The van der Waals surface area contributed by atoms with Gasteiger partial charge in [-0.15, -0.1) is 0 Å². The number of H-pyrrole nitrogens is 1. The average molecular weight is 377 g/mol. The van der Waals surface area contributed by atoms with Crippen molar-refractivity contribution in [3.63, 3.8) is 0 Å². The van der Waals surface area contributed by atoms with Gasteiger partial charge in [-0.2, -0.15) is 0 Å². The number of amides is 1. The largest absolute Gasteiger partial charge is 0.495 e. The van der Waals surface area contributed by atoms with E-state index in [0.717, 1.165) is 49.4 Å². The summed E-state index contributed by atoms with van der Waals surface area (Å²) in [6.45, 7) is 2.68. The summed E-state index contributed by atoms with van der Waals surface area (Å²) in [4.78, 5) is 17.9. The third kappa shape index (κ3) is 3.98. The number of aromatic amines is 1. The molecule has 0 bridgehead atoms. The molecule has 0 aliphatic carbocycles. The summed E-state index contributed by atoms with van der Waals surface area (Å²) >= 11 is 0. The smallest absolute Gasteiger partial charge is 0.220 e. The first-order chi connectivity index (χ1) is 13.7. The SMILES string of the molecule is COc1ccccc1N1CC[C@@H](CNC(=O)CCc2c[nH]c3ccccc23)C1. The molecule has 0 radical (unpaired) electrons. The van der Waals surface area contributed by atoms with Gasteiger partial charge in [0.25, 0.3) is 0 Å². The van der Waals surface area contributed by atoms with Gasteiger partial charge in [-0.1, -0.05) is 30.3 Å². The van der Waals surface area contributed by atoms with E-state index in [1.165, 1.54) is 10.9 Å². The van der Waals surface area contributed by atoms with E-state index in [0.29, 0.717) is 12.3 Å². The van der Waals surface area contributed by atoms with Gasteiger partial charge in [0.1, 0.15) is 5.75 Å². The second-order valence-corrected chi connectivity index (χ2v) is 7.44. The Morgan fingerprint density at radius 1 is 1.21 bits per heavy atom.